The van der Waals surface area contributed by atoms with E-state index in [1.807, 2.05) is 6.07 Å². The molecule has 2 atom stereocenters. The summed E-state index contributed by atoms with van der Waals surface area (Å²) in [7, 11) is 0. The second kappa shape index (κ2) is 6.30. The summed E-state index contributed by atoms with van der Waals surface area (Å²) >= 11 is 0. The van der Waals surface area contributed by atoms with Crippen LogP contribution in [-0.2, 0) is 15.1 Å². The highest BCUT2D eigenvalue weighted by Crippen LogP contribution is 2.39. The Bertz CT molecular complexity index is 880. The van der Waals surface area contributed by atoms with E-state index in [9.17, 15) is 28.4 Å². The molecule has 7 nitrogen and oxygen atoms in total. The number of urea groups is 1. The van der Waals surface area contributed by atoms with Gasteiger partial charge in [0.25, 0.3) is 5.91 Å². The first-order chi connectivity index (χ1) is 12.6. The first kappa shape index (κ1) is 18.8. The van der Waals surface area contributed by atoms with Crippen molar-refractivity contribution < 1.29 is 23.2 Å². The summed E-state index contributed by atoms with van der Waals surface area (Å²) in [4.78, 5) is 37.9. The summed E-state index contributed by atoms with van der Waals surface area (Å²) in [5.41, 5.74) is -3.24. The summed E-state index contributed by atoms with van der Waals surface area (Å²) in [6, 6.07) is 3.74. The third kappa shape index (κ3) is 3.23. The number of hydrogen-bond donors (Lipinski definition) is 2. The van der Waals surface area contributed by atoms with Gasteiger partial charge in [0.2, 0.25) is 5.91 Å². The molecule has 4 amide bonds. The molecule has 1 aromatic carbocycles. The predicted octanol–water partition coefficient (Wildman–Crippen LogP) is 1.54. The summed E-state index contributed by atoms with van der Waals surface area (Å²) in [5, 5.41) is 14.2. The van der Waals surface area contributed by atoms with Crippen LogP contribution < -0.4 is 10.6 Å². The molecular formula is C18H18F2N4O3. The van der Waals surface area contributed by atoms with E-state index >= 15 is 0 Å². The Hall–Kier alpha value is -3.02. The maximum Gasteiger partial charge on any atom is 0.325 e. The van der Waals surface area contributed by atoms with Gasteiger partial charge < -0.3 is 10.6 Å². The molecule has 1 aliphatic heterocycles. The van der Waals surface area contributed by atoms with E-state index in [0.29, 0.717) is 4.90 Å². The largest absolute Gasteiger partial charge is 0.336 e. The van der Waals surface area contributed by atoms with Crippen LogP contribution in [0.3, 0.4) is 0 Å². The first-order valence-corrected chi connectivity index (χ1v) is 8.42. The molecule has 1 aliphatic carbocycles. The number of benzene rings is 1. The van der Waals surface area contributed by atoms with Gasteiger partial charge in [-0.15, -0.1) is 0 Å². The molecule has 0 radical (unpaired) electrons. The molecule has 0 unspecified atom stereocenters. The molecular weight excluding hydrogens is 358 g/mol. The summed E-state index contributed by atoms with van der Waals surface area (Å²) in [6.07, 6.45) is 1.62. The monoisotopic (exact) mass is 376 g/mol. The number of halogens is 2. The fourth-order valence-electron chi connectivity index (χ4n) is 3.26. The lowest BCUT2D eigenvalue weighted by atomic mass is 9.91. The van der Waals surface area contributed by atoms with Crippen molar-refractivity contribution in [2.75, 3.05) is 6.54 Å². The Balaban J connectivity index is 1.79. The molecule has 0 bridgehead atoms. The summed E-state index contributed by atoms with van der Waals surface area (Å²) in [5.74, 6) is -3.15. The van der Waals surface area contributed by atoms with Gasteiger partial charge in [0.1, 0.15) is 29.3 Å². The fourth-order valence-corrected chi connectivity index (χ4v) is 3.26. The number of amides is 4. The maximum absolute atomic E-state index is 14.1. The molecule has 3 rings (SSSR count). The van der Waals surface area contributed by atoms with Crippen LogP contribution in [-0.4, -0.2) is 34.8 Å². The first-order valence-electron chi connectivity index (χ1n) is 8.42. The highest BCUT2D eigenvalue weighted by Gasteiger charge is 2.51. The van der Waals surface area contributed by atoms with Gasteiger partial charge in [-0.05, 0) is 50.8 Å². The predicted molar refractivity (Wildman–Crippen MR) is 88.8 cm³/mol. The van der Waals surface area contributed by atoms with Crippen molar-refractivity contribution in [1.82, 2.24) is 15.5 Å². The normalized spacial score (nSPS) is 24.2. The van der Waals surface area contributed by atoms with Crippen LogP contribution in [0.25, 0.3) is 0 Å². The lowest BCUT2D eigenvalue weighted by Gasteiger charge is -2.25. The molecule has 2 aliphatic rings. The molecule has 0 aromatic heterocycles. The van der Waals surface area contributed by atoms with Crippen LogP contribution in [0.2, 0.25) is 0 Å². The molecule has 1 saturated carbocycles. The average molecular weight is 376 g/mol. The standard InChI is InChI=1S/C18H18F2N4O3/c1-17(9-21,10-3-4-10)22-14(25)8-24-15(26)18(2,23-16(24)27)12-7-11(19)5-6-13(12)20/h5-7,10H,3-4,8H2,1-2H3,(H,22,25)(H,23,27)/t17-,18-/m0/s1. The zero-order valence-electron chi connectivity index (χ0n) is 14.8. The second-order valence-corrected chi connectivity index (χ2v) is 7.21. The smallest absolute Gasteiger partial charge is 0.325 e. The van der Waals surface area contributed by atoms with E-state index in [2.05, 4.69) is 10.6 Å². The second-order valence-electron chi connectivity index (χ2n) is 7.21. The highest BCUT2D eigenvalue weighted by molar-refractivity contribution is 6.09. The van der Waals surface area contributed by atoms with Gasteiger partial charge in [0.15, 0.2) is 0 Å². The van der Waals surface area contributed by atoms with Crippen LogP contribution in [0, 0.1) is 28.9 Å². The fraction of sp³-hybridized carbons (Fsp3) is 0.444. The molecule has 2 fully saturated rings. The number of rotatable bonds is 5. The highest BCUT2D eigenvalue weighted by atomic mass is 19.1. The van der Waals surface area contributed by atoms with Gasteiger partial charge >= 0.3 is 6.03 Å². The zero-order chi connectivity index (χ0) is 20.0. The maximum atomic E-state index is 14.1. The Labute approximate surface area is 154 Å². The van der Waals surface area contributed by atoms with Crippen LogP contribution in [0.15, 0.2) is 18.2 Å². The average Bonchev–Trinajstić information content (AvgIpc) is 3.43. The van der Waals surface area contributed by atoms with E-state index in [4.69, 9.17) is 0 Å². The molecule has 1 heterocycles. The van der Waals surface area contributed by atoms with Gasteiger partial charge in [-0.2, -0.15) is 5.26 Å². The number of hydrogen-bond acceptors (Lipinski definition) is 4. The molecule has 1 saturated heterocycles. The summed E-state index contributed by atoms with van der Waals surface area (Å²) in [6.45, 7) is 2.20. The van der Waals surface area contributed by atoms with Crippen LogP contribution in [0.4, 0.5) is 13.6 Å². The van der Waals surface area contributed by atoms with Gasteiger partial charge in [-0.3, -0.25) is 14.5 Å². The number of carbonyl (C=O) groups excluding carboxylic acids is 3. The van der Waals surface area contributed by atoms with E-state index in [-0.39, 0.29) is 11.5 Å². The van der Waals surface area contributed by atoms with Crippen molar-refractivity contribution in [3.63, 3.8) is 0 Å². The number of nitriles is 1. The Morgan fingerprint density at radius 1 is 1.44 bits per heavy atom. The SMILES string of the molecule is C[C@@]1(c2cc(F)ccc2F)NC(=O)N(CC(=O)N[C@@](C)(C#N)C2CC2)C1=O. The van der Waals surface area contributed by atoms with E-state index in [1.165, 1.54) is 6.92 Å². The van der Waals surface area contributed by atoms with Crippen molar-refractivity contribution in [1.29, 1.82) is 5.26 Å². The Morgan fingerprint density at radius 2 is 2.11 bits per heavy atom. The molecule has 142 valence electrons. The number of nitrogens with zero attached hydrogens (tertiary/aromatic N) is 2. The lowest BCUT2D eigenvalue weighted by molar-refractivity contribution is -0.135. The molecule has 9 heteroatoms. The zero-order valence-corrected chi connectivity index (χ0v) is 14.8. The van der Waals surface area contributed by atoms with Crippen molar-refractivity contribution in [2.24, 2.45) is 5.92 Å². The van der Waals surface area contributed by atoms with Crippen LogP contribution in [0.5, 0.6) is 0 Å². The van der Waals surface area contributed by atoms with Gasteiger partial charge in [0, 0.05) is 5.56 Å². The van der Waals surface area contributed by atoms with Crippen molar-refractivity contribution >= 4 is 17.8 Å². The third-order valence-electron chi connectivity index (χ3n) is 5.07. The lowest BCUT2D eigenvalue weighted by Crippen LogP contribution is -2.51. The van der Waals surface area contributed by atoms with Gasteiger partial charge in [-0.1, -0.05) is 0 Å². The molecule has 1 aromatic rings. The van der Waals surface area contributed by atoms with Crippen molar-refractivity contribution in [3.05, 3.63) is 35.4 Å². The van der Waals surface area contributed by atoms with E-state index in [1.54, 1.807) is 6.92 Å². The number of nitrogens with one attached hydrogen (secondary N) is 2. The molecule has 0 spiro atoms. The number of carbonyl (C=O) groups is 3. The van der Waals surface area contributed by atoms with Gasteiger partial charge in [-0.25, -0.2) is 13.6 Å². The number of imide groups is 1. The topological polar surface area (TPSA) is 102 Å². The van der Waals surface area contributed by atoms with E-state index in [0.717, 1.165) is 31.0 Å². The minimum absolute atomic E-state index is 0.0289. The minimum atomic E-state index is -1.83. The van der Waals surface area contributed by atoms with E-state index < -0.39 is 47.1 Å². The van der Waals surface area contributed by atoms with Crippen molar-refractivity contribution in [3.8, 4) is 6.07 Å². The van der Waals surface area contributed by atoms with Crippen LogP contribution >= 0.6 is 0 Å². The van der Waals surface area contributed by atoms with Crippen molar-refractivity contribution in [2.45, 2.75) is 37.8 Å². The van der Waals surface area contributed by atoms with Gasteiger partial charge in [0.05, 0.1) is 6.07 Å². The summed E-state index contributed by atoms with van der Waals surface area (Å²) < 4.78 is 27.6. The minimum Gasteiger partial charge on any atom is -0.336 e. The Kier molecular flexibility index (Phi) is 4.38. The van der Waals surface area contributed by atoms with Crippen LogP contribution in [0.1, 0.15) is 32.3 Å². The Morgan fingerprint density at radius 3 is 2.70 bits per heavy atom. The molecule has 27 heavy (non-hydrogen) atoms. The third-order valence-corrected chi connectivity index (χ3v) is 5.07. The quantitative estimate of drug-likeness (QED) is 0.761. The molecule has 2 N–H and O–H groups in total.